The zero-order valence-corrected chi connectivity index (χ0v) is 18.9. The van der Waals surface area contributed by atoms with E-state index in [9.17, 15) is 9.59 Å². The second-order valence-corrected chi connectivity index (χ2v) is 8.88. The molecule has 1 saturated carbocycles. The Labute approximate surface area is 179 Å². The Hall–Kier alpha value is -2.15. The third-order valence-electron chi connectivity index (χ3n) is 5.95. The predicted octanol–water partition coefficient (Wildman–Crippen LogP) is 3.07. The fraction of sp³-hybridized carbons (Fsp3) is 0.591. The van der Waals surface area contributed by atoms with Crippen LogP contribution < -0.4 is 21.5 Å². The van der Waals surface area contributed by atoms with Crippen molar-refractivity contribution in [1.82, 2.24) is 21.5 Å². The van der Waals surface area contributed by atoms with Crippen LogP contribution in [-0.4, -0.2) is 29.0 Å². The first-order valence-electron chi connectivity index (χ1n) is 10.4. The molecule has 0 unspecified atom stereocenters. The molecule has 0 aliphatic heterocycles. The fourth-order valence-electron chi connectivity index (χ4n) is 3.77. The molecule has 2 rings (SSSR count). The van der Waals surface area contributed by atoms with Gasteiger partial charge >= 0.3 is 0 Å². The van der Waals surface area contributed by atoms with Crippen LogP contribution in [0, 0.1) is 24.7 Å². The van der Waals surface area contributed by atoms with Crippen LogP contribution in [0.2, 0.25) is 0 Å². The maximum absolute atomic E-state index is 12.7. The molecule has 1 aromatic carbocycles. The van der Waals surface area contributed by atoms with Crippen molar-refractivity contribution in [3.63, 3.8) is 0 Å². The molecule has 4 N–H and O–H groups in total. The van der Waals surface area contributed by atoms with E-state index < -0.39 is 6.04 Å². The molecule has 0 aromatic heterocycles. The monoisotopic (exact) mass is 418 g/mol. The Morgan fingerprint density at radius 3 is 2.45 bits per heavy atom. The maximum atomic E-state index is 12.7. The summed E-state index contributed by atoms with van der Waals surface area (Å²) in [7, 11) is 0. The lowest BCUT2D eigenvalue weighted by Gasteiger charge is -2.35. The van der Waals surface area contributed by atoms with Crippen molar-refractivity contribution in [3.05, 3.63) is 35.4 Å². The van der Waals surface area contributed by atoms with E-state index in [1.165, 1.54) is 12.8 Å². The normalized spacial score (nSPS) is 22.5. The number of hydrazine groups is 1. The highest BCUT2D eigenvalue weighted by molar-refractivity contribution is 7.80. The molecule has 160 valence electrons. The van der Waals surface area contributed by atoms with Gasteiger partial charge in [0, 0.05) is 11.6 Å². The van der Waals surface area contributed by atoms with Crippen molar-refractivity contribution in [3.8, 4) is 0 Å². The molecule has 1 aliphatic carbocycles. The van der Waals surface area contributed by atoms with E-state index in [1.54, 1.807) is 6.07 Å². The van der Waals surface area contributed by atoms with Crippen LogP contribution in [0.25, 0.3) is 0 Å². The first kappa shape index (κ1) is 23.1. The minimum Gasteiger partial charge on any atom is -0.358 e. The van der Waals surface area contributed by atoms with E-state index in [0.29, 0.717) is 28.6 Å². The number of carbonyl (C=O) groups excluding carboxylic acids is 2. The quantitative estimate of drug-likeness (QED) is 0.436. The topological polar surface area (TPSA) is 82.3 Å². The zero-order valence-electron chi connectivity index (χ0n) is 18.0. The number of aryl methyl sites for hydroxylation is 1. The van der Waals surface area contributed by atoms with Gasteiger partial charge in [0.25, 0.3) is 11.8 Å². The van der Waals surface area contributed by atoms with E-state index in [4.69, 9.17) is 12.2 Å². The van der Waals surface area contributed by atoms with E-state index in [-0.39, 0.29) is 17.7 Å². The Bertz CT molecular complexity index is 737. The summed E-state index contributed by atoms with van der Waals surface area (Å²) < 4.78 is 0. The number of hydrogen-bond acceptors (Lipinski definition) is 3. The Balaban J connectivity index is 1.90. The van der Waals surface area contributed by atoms with Crippen LogP contribution >= 0.6 is 12.2 Å². The van der Waals surface area contributed by atoms with Crippen LogP contribution in [0.4, 0.5) is 0 Å². The number of amides is 2. The van der Waals surface area contributed by atoms with E-state index in [1.807, 2.05) is 39.0 Å². The van der Waals surface area contributed by atoms with Gasteiger partial charge in [-0.05, 0) is 54.9 Å². The highest BCUT2D eigenvalue weighted by Crippen LogP contribution is 2.29. The number of thiocarbonyl (C=S) groups is 1. The summed E-state index contributed by atoms with van der Waals surface area (Å²) in [6.45, 7) is 10.2. The Morgan fingerprint density at radius 1 is 1.10 bits per heavy atom. The lowest BCUT2D eigenvalue weighted by Crippen LogP contribution is -2.57. The second-order valence-electron chi connectivity index (χ2n) is 8.47. The molecule has 0 bridgehead atoms. The van der Waals surface area contributed by atoms with Gasteiger partial charge in [-0.3, -0.25) is 20.4 Å². The Kier molecular flexibility index (Phi) is 8.44. The van der Waals surface area contributed by atoms with E-state index >= 15 is 0 Å². The van der Waals surface area contributed by atoms with Gasteiger partial charge in [-0.15, -0.1) is 0 Å². The summed E-state index contributed by atoms with van der Waals surface area (Å²) in [6, 6.07) is 6.94. The molecule has 1 aliphatic rings. The largest absolute Gasteiger partial charge is 0.358 e. The van der Waals surface area contributed by atoms with Gasteiger partial charge in [0.2, 0.25) is 0 Å². The standard InChI is InChI=1S/C22H34N4O2S/c1-13(2)19(24-20(27)17-11-7-6-9-15(17)4)21(28)25-26-22(29)23-18-12-8-10-14(3)16(18)5/h6-7,9,11,13-14,16,18-19H,8,10,12H2,1-5H3,(H,24,27)(H,25,28)(H2,23,26,29)/t14-,16+,18-,19+/m1/s1. The average Bonchev–Trinajstić information content (AvgIpc) is 2.67. The lowest BCUT2D eigenvalue weighted by atomic mass is 9.78. The molecule has 6 nitrogen and oxygen atoms in total. The Morgan fingerprint density at radius 2 is 1.79 bits per heavy atom. The number of carbonyl (C=O) groups is 2. The summed E-state index contributed by atoms with van der Waals surface area (Å²) in [5.74, 6) is 0.515. The SMILES string of the molecule is Cc1ccccc1C(=O)N[C@H](C(=O)NNC(=S)N[C@@H]1CCC[C@@H](C)[C@@H]1C)C(C)C. The summed E-state index contributed by atoms with van der Waals surface area (Å²) >= 11 is 5.35. The molecule has 0 radical (unpaired) electrons. The van der Waals surface area contributed by atoms with Crippen LogP contribution in [-0.2, 0) is 4.79 Å². The first-order valence-corrected chi connectivity index (χ1v) is 10.8. The van der Waals surface area contributed by atoms with Crippen molar-refractivity contribution < 1.29 is 9.59 Å². The molecule has 0 saturated heterocycles. The van der Waals surface area contributed by atoms with Crippen LogP contribution in [0.5, 0.6) is 0 Å². The minimum atomic E-state index is -0.675. The van der Waals surface area contributed by atoms with Crippen molar-refractivity contribution in [1.29, 1.82) is 0 Å². The molecule has 4 atom stereocenters. The maximum Gasteiger partial charge on any atom is 0.261 e. The molecule has 1 fully saturated rings. The van der Waals surface area contributed by atoms with E-state index in [2.05, 4.69) is 35.3 Å². The number of rotatable bonds is 5. The second kappa shape index (κ2) is 10.6. The summed E-state index contributed by atoms with van der Waals surface area (Å²) in [6.07, 6.45) is 3.49. The van der Waals surface area contributed by atoms with Gasteiger partial charge in [-0.25, -0.2) is 0 Å². The van der Waals surface area contributed by atoms with Gasteiger partial charge in [0.15, 0.2) is 5.11 Å². The van der Waals surface area contributed by atoms with Gasteiger partial charge in [-0.2, -0.15) is 0 Å². The van der Waals surface area contributed by atoms with Crippen molar-refractivity contribution in [2.75, 3.05) is 0 Å². The predicted molar refractivity (Wildman–Crippen MR) is 120 cm³/mol. The third kappa shape index (κ3) is 6.42. The third-order valence-corrected chi connectivity index (χ3v) is 6.17. The molecule has 29 heavy (non-hydrogen) atoms. The highest BCUT2D eigenvalue weighted by Gasteiger charge is 2.28. The first-order chi connectivity index (χ1) is 13.7. The summed E-state index contributed by atoms with van der Waals surface area (Å²) in [5, 5.41) is 6.55. The average molecular weight is 419 g/mol. The molecule has 7 heteroatoms. The fourth-order valence-corrected chi connectivity index (χ4v) is 3.97. The zero-order chi connectivity index (χ0) is 21.6. The molecule has 2 amide bonds. The minimum absolute atomic E-state index is 0.0782. The lowest BCUT2D eigenvalue weighted by molar-refractivity contribution is -0.124. The van der Waals surface area contributed by atoms with Gasteiger partial charge in [0.05, 0.1) is 0 Å². The van der Waals surface area contributed by atoms with Crippen molar-refractivity contribution in [2.45, 2.75) is 66.0 Å². The van der Waals surface area contributed by atoms with Gasteiger partial charge in [-0.1, -0.05) is 58.7 Å². The highest BCUT2D eigenvalue weighted by atomic mass is 32.1. The van der Waals surface area contributed by atoms with Crippen molar-refractivity contribution >= 4 is 29.1 Å². The van der Waals surface area contributed by atoms with Gasteiger partial charge < -0.3 is 10.6 Å². The summed E-state index contributed by atoms with van der Waals surface area (Å²) in [5.41, 5.74) is 6.87. The number of nitrogens with one attached hydrogen (secondary N) is 4. The van der Waals surface area contributed by atoms with Crippen molar-refractivity contribution in [2.24, 2.45) is 17.8 Å². The number of hydrogen-bond donors (Lipinski definition) is 4. The van der Waals surface area contributed by atoms with Crippen LogP contribution in [0.3, 0.4) is 0 Å². The molecule has 1 aromatic rings. The molecular weight excluding hydrogens is 384 g/mol. The molecule has 0 spiro atoms. The van der Waals surface area contributed by atoms with Gasteiger partial charge in [0.1, 0.15) is 6.04 Å². The molecule has 0 heterocycles. The van der Waals surface area contributed by atoms with Crippen LogP contribution in [0.1, 0.15) is 62.9 Å². The van der Waals surface area contributed by atoms with Crippen LogP contribution in [0.15, 0.2) is 24.3 Å². The summed E-state index contributed by atoms with van der Waals surface area (Å²) in [4.78, 5) is 25.3. The number of benzene rings is 1. The smallest absolute Gasteiger partial charge is 0.261 e. The van der Waals surface area contributed by atoms with E-state index in [0.717, 1.165) is 12.0 Å². The molecular formula is C22H34N4O2S.